The number of carbonyl (C=O) groups excluding carboxylic acids is 3. The second kappa shape index (κ2) is 8.50. The quantitative estimate of drug-likeness (QED) is 0.810. The van der Waals surface area contributed by atoms with Crippen molar-refractivity contribution in [2.45, 2.75) is 18.9 Å². The van der Waals surface area contributed by atoms with Crippen LogP contribution in [0.5, 0.6) is 0 Å². The largest absolute Gasteiger partial charge is 0.459 e. The average molecular weight is 371 g/mol. The van der Waals surface area contributed by atoms with Crippen LogP contribution in [0.3, 0.4) is 0 Å². The number of hydrogen-bond acceptors (Lipinski definition) is 5. The molecule has 142 valence electrons. The lowest BCUT2D eigenvalue weighted by Crippen LogP contribution is -2.43. The van der Waals surface area contributed by atoms with Crippen molar-refractivity contribution in [3.8, 4) is 0 Å². The summed E-state index contributed by atoms with van der Waals surface area (Å²) in [7, 11) is 1.45. The van der Waals surface area contributed by atoms with Gasteiger partial charge in [0, 0.05) is 25.0 Å². The van der Waals surface area contributed by atoms with Crippen molar-refractivity contribution in [2.75, 3.05) is 30.9 Å². The molecule has 1 aromatic carbocycles. The van der Waals surface area contributed by atoms with Gasteiger partial charge in [0.1, 0.15) is 12.6 Å². The first kappa shape index (κ1) is 18.7. The van der Waals surface area contributed by atoms with E-state index in [4.69, 9.17) is 9.15 Å². The molecule has 3 rings (SSSR count). The lowest BCUT2D eigenvalue weighted by Gasteiger charge is -2.23. The summed E-state index contributed by atoms with van der Waals surface area (Å²) >= 11 is 0. The molecule has 0 unspecified atom stereocenters. The first-order chi connectivity index (χ1) is 13.1. The van der Waals surface area contributed by atoms with Gasteiger partial charge in [0.05, 0.1) is 6.26 Å². The Morgan fingerprint density at radius 2 is 1.85 bits per heavy atom. The van der Waals surface area contributed by atoms with Gasteiger partial charge in [-0.3, -0.25) is 14.4 Å². The summed E-state index contributed by atoms with van der Waals surface area (Å²) in [6.45, 7) is 0.488. The number of amides is 3. The van der Waals surface area contributed by atoms with Gasteiger partial charge in [-0.25, -0.2) is 0 Å². The zero-order chi connectivity index (χ0) is 19.2. The number of benzene rings is 1. The van der Waals surface area contributed by atoms with E-state index < -0.39 is 6.04 Å². The molecule has 27 heavy (non-hydrogen) atoms. The predicted molar refractivity (Wildman–Crippen MR) is 98.3 cm³/mol. The second-order valence-corrected chi connectivity index (χ2v) is 6.18. The number of likely N-dealkylation sites (tertiary alicyclic amines) is 1. The van der Waals surface area contributed by atoms with E-state index in [0.29, 0.717) is 24.3 Å². The molecule has 1 saturated heterocycles. The minimum atomic E-state index is -0.538. The Morgan fingerprint density at radius 3 is 2.48 bits per heavy atom. The van der Waals surface area contributed by atoms with Crippen LogP contribution in [0.25, 0.3) is 0 Å². The van der Waals surface area contributed by atoms with Gasteiger partial charge in [-0.15, -0.1) is 0 Å². The van der Waals surface area contributed by atoms with E-state index in [1.165, 1.54) is 18.3 Å². The summed E-state index contributed by atoms with van der Waals surface area (Å²) in [6, 6.07) is 9.44. The number of rotatable bonds is 6. The van der Waals surface area contributed by atoms with Gasteiger partial charge < -0.3 is 24.7 Å². The van der Waals surface area contributed by atoms with Crippen molar-refractivity contribution >= 4 is 29.1 Å². The number of methoxy groups -OCH3 is 1. The first-order valence-electron chi connectivity index (χ1n) is 8.62. The molecular weight excluding hydrogens is 350 g/mol. The molecule has 1 aliphatic heterocycles. The summed E-state index contributed by atoms with van der Waals surface area (Å²) in [6.07, 6.45) is 2.80. The number of hydrogen-bond donors (Lipinski definition) is 2. The normalized spacial score (nSPS) is 16.2. The van der Waals surface area contributed by atoms with E-state index in [2.05, 4.69) is 10.6 Å². The molecule has 1 aromatic heterocycles. The third kappa shape index (κ3) is 4.53. The van der Waals surface area contributed by atoms with Gasteiger partial charge in [-0.2, -0.15) is 0 Å². The summed E-state index contributed by atoms with van der Waals surface area (Å²) in [5.41, 5.74) is 1.19. The molecule has 1 atom stereocenters. The minimum absolute atomic E-state index is 0.0281. The van der Waals surface area contributed by atoms with Gasteiger partial charge in [0.2, 0.25) is 11.8 Å². The molecular formula is C19H21N3O5. The smallest absolute Gasteiger partial charge is 0.290 e. The molecule has 2 heterocycles. The molecule has 1 aliphatic rings. The Kier molecular flexibility index (Phi) is 5.87. The van der Waals surface area contributed by atoms with Gasteiger partial charge in [0.15, 0.2) is 5.76 Å². The van der Waals surface area contributed by atoms with E-state index in [0.717, 1.165) is 6.42 Å². The molecule has 0 radical (unpaired) electrons. The predicted octanol–water partition coefficient (Wildman–Crippen LogP) is 2.11. The molecule has 8 nitrogen and oxygen atoms in total. The Hall–Kier alpha value is -3.13. The average Bonchev–Trinajstić information content (AvgIpc) is 3.35. The topological polar surface area (TPSA) is 101 Å². The van der Waals surface area contributed by atoms with Gasteiger partial charge in [-0.1, -0.05) is 0 Å². The summed E-state index contributed by atoms with van der Waals surface area (Å²) < 4.78 is 9.91. The number of carbonyl (C=O) groups is 3. The van der Waals surface area contributed by atoms with Crippen LogP contribution in [-0.2, 0) is 14.3 Å². The summed E-state index contributed by atoms with van der Waals surface area (Å²) in [5, 5.41) is 5.50. The molecule has 3 amide bonds. The second-order valence-electron chi connectivity index (χ2n) is 6.18. The lowest BCUT2D eigenvalue weighted by molar-refractivity contribution is -0.120. The van der Waals surface area contributed by atoms with Crippen LogP contribution >= 0.6 is 0 Å². The number of nitrogens with zero attached hydrogens (tertiary/aromatic N) is 1. The van der Waals surface area contributed by atoms with Crippen LogP contribution in [0.4, 0.5) is 11.4 Å². The molecule has 0 bridgehead atoms. The van der Waals surface area contributed by atoms with E-state index in [9.17, 15) is 14.4 Å². The lowest BCUT2D eigenvalue weighted by atomic mass is 10.2. The molecule has 0 saturated carbocycles. The zero-order valence-electron chi connectivity index (χ0n) is 14.9. The van der Waals surface area contributed by atoms with Gasteiger partial charge in [-0.05, 0) is 49.2 Å². The SMILES string of the molecule is COCC(=O)Nc1ccc(NC(=O)[C@@H]2CCCN2C(=O)c2ccco2)cc1. The van der Waals surface area contributed by atoms with Crippen molar-refractivity contribution in [1.29, 1.82) is 0 Å². The summed E-state index contributed by atoms with van der Waals surface area (Å²) in [4.78, 5) is 38.1. The molecule has 0 aliphatic carbocycles. The maximum absolute atomic E-state index is 12.6. The van der Waals surface area contributed by atoms with Crippen LogP contribution < -0.4 is 10.6 Å². The van der Waals surface area contributed by atoms with E-state index in [-0.39, 0.29) is 30.1 Å². The van der Waals surface area contributed by atoms with Crippen molar-refractivity contribution in [3.05, 3.63) is 48.4 Å². The maximum atomic E-state index is 12.6. The number of nitrogens with one attached hydrogen (secondary N) is 2. The van der Waals surface area contributed by atoms with Crippen LogP contribution in [0.15, 0.2) is 47.1 Å². The first-order valence-corrected chi connectivity index (χ1v) is 8.62. The Bertz CT molecular complexity index is 801. The van der Waals surface area contributed by atoms with Crippen molar-refractivity contribution in [2.24, 2.45) is 0 Å². The molecule has 0 spiro atoms. The number of anilines is 2. The zero-order valence-corrected chi connectivity index (χ0v) is 14.9. The Labute approximate surface area is 156 Å². The maximum Gasteiger partial charge on any atom is 0.290 e. The van der Waals surface area contributed by atoms with Gasteiger partial charge >= 0.3 is 0 Å². The highest BCUT2D eigenvalue weighted by atomic mass is 16.5. The molecule has 8 heteroatoms. The van der Waals surface area contributed by atoms with Crippen molar-refractivity contribution in [1.82, 2.24) is 4.90 Å². The molecule has 2 N–H and O–H groups in total. The van der Waals surface area contributed by atoms with Crippen molar-refractivity contribution < 1.29 is 23.5 Å². The fraction of sp³-hybridized carbons (Fsp3) is 0.316. The standard InChI is InChI=1S/C19H21N3O5/c1-26-12-17(23)20-13-6-8-14(9-7-13)21-18(24)15-4-2-10-22(15)19(25)16-5-3-11-27-16/h3,5-9,11,15H,2,4,10,12H2,1H3,(H,20,23)(H,21,24)/t15-/m0/s1. The van der Waals surface area contributed by atoms with Crippen LogP contribution in [0, 0.1) is 0 Å². The Morgan fingerprint density at radius 1 is 1.15 bits per heavy atom. The van der Waals surface area contributed by atoms with E-state index in [1.54, 1.807) is 36.4 Å². The fourth-order valence-electron chi connectivity index (χ4n) is 3.01. The number of ether oxygens (including phenoxy) is 1. The van der Waals surface area contributed by atoms with E-state index in [1.807, 2.05) is 0 Å². The summed E-state index contributed by atoms with van der Waals surface area (Å²) in [5.74, 6) is -0.560. The highest BCUT2D eigenvalue weighted by molar-refractivity contribution is 6.00. The van der Waals surface area contributed by atoms with Crippen LogP contribution in [-0.4, -0.2) is 48.9 Å². The highest BCUT2D eigenvalue weighted by Gasteiger charge is 2.35. The fourth-order valence-corrected chi connectivity index (χ4v) is 3.01. The third-order valence-corrected chi connectivity index (χ3v) is 4.26. The van der Waals surface area contributed by atoms with Gasteiger partial charge in [0.25, 0.3) is 5.91 Å². The number of furan rings is 1. The monoisotopic (exact) mass is 371 g/mol. The van der Waals surface area contributed by atoms with Crippen LogP contribution in [0.1, 0.15) is 23.4 Å². The third-order valence-electron chi connectivity index (χ3n) is 4.26. The minimum Gasteiger partial charge on any atom is -0.459 e. The Balaban J connectivity index is 1.61. The van der Waals surface area contributed by atoms with Crippen LogP contribution in [0.2, 0.25) is 0 Å². The van der Waals surface area contributed by atoms with Crippen molar-refractivity contribution in [3.63, 3.8) is 0 Å². The highest BCUT2D eigenvalue weighted by Crippen LogP contribution is 2.22. The molecule has 1 fully saturated rings. The molecule has 2 aromatic rings. The van der Waals surface area contributed by atoms with E-state index >= 15 is 0 Å².